The minimum absolute atomic E-state index is 0.0110. The molecule has 0 radical (unpaired) electrons. The molecular weight excluding hydrogens is 168 g/mol. The van der Waals surface area contributed by atoms with Gasteiger partial charge in [0.05, 0.1) is 18.3 Å². The number of fused-ring (bicyclic) bond motifs is 1. The van der Waals surface area contributed by atoms with Gasteiger partial charge in [-0.05, 0) is 26.2 Å². The summed E-state index contributed by atoms with van der Waals surface area (Å²) in [5, 5.41) is 0. The Hall–Kier alpha value is -0.410. The number of hydrogen-bond donors (Lipinski definition) is 0. The van der Waals surface area contributed by atoms with Gasteiger partial charge < -0.3 is 9.47 Å². The summed E-state index contributed by atoms with van der Waals surface area (Å²) in [7, 11) is 0. The first-order valence-electron chi connectivity index (χ1n) is 4.90. The zero-order valence-electron chi connectivity index (χ0n) is 8.00. The summed E-state index contributed by atoms with van der Waals surface area (Å²) in [6.07, 6.45) is 1.82. The molecule has 0 unspecified atom stereocenters. The molecule has 0 amide bonds. The first-order valence-corrected chi connectivity index (χ1v) is 4.90. The molecular formula is C10H14O3. The Morgan fingerprint density at radius 3 is 2.69 bits per heavy atom. The lowest BCUT2D eigenvalue weighted by Crippen LogP contribution is -2.37. The number of ketones is 1. The molecule has 3 nitrogen and oxygen atoms in total. The molecule has 1 aliphatic carbocycles. The highest BCUT2D eigenvalue weighted by Crippen LogP contribution is 2.52. The second-order valence-corrected chi connectivity index (χ2v) is 4.87. The maximum absolute atomic E-state index is 11.7. The second kappa shape index (κ2) is 1.98. The van der Waals surface area contributed by atoms with Gasteiger partial charge in [-0.2, -0.15) is 0 Å². The summed E-state index contributed by atoms with van der Waals surface area (Å²) in [5.74, 6) is 0.658. The van der Waals surface area contributed by atoms with Crippen molar-refractivity contribution in [2.24, 2.45) is 5.92 Å². The molecule has 13 heavy (non-hydrogen) atoms. The SMILES string of the molecule is C[C@]1([C@@H]2CC(=O)[C@@]3(C)O[C@@H]3C2)CO1. The van der Waals surface area contributed by atoms with Crippen molar-refractivity contribution in [2.75, 3.05) is 6.61 Å². The average Bonchev–Trinajstić information content (AvgIpc) is 2.90. The molecule has 3 heteroatoms. The fourth-order valence-electron chi connectivity index (χ4n) is 2.36. The highest BCUT2D eigenvalue weighted by molar-refractivity contribution is 5.91. The predicted octanol–water partition coefficient (Wildman–Crippen LogP) is 0.912. The van der Waals surface area contributed by atoms with E-state index in [0.717, 1.165) is 13.0 Å². The largest absolute Gasteiger partial charge is 0.370 e. The van der Waals surface area contributed by atoms with Crippen LogP contribution in [-0.4, -0.2) is 29.7 Å². The highest BCUT2D eigenvalue weighted by Gasteiger charge is 2.65. The number of rotatable bonds is 1. The number of ether oxygens (including phenoxy) is 2. The fraction of sp³-hybridized carbons (Fsp3) is 0.900. The van der Waals surface area contributed by atoms with Gasteiger partial charge in [0.1, 0.15) is 5.60 Å². The lowest BCUT2D eigenvalue weighted by Gasteiger charge is -2.24. The van der Waals surface area contributed by atoms with Crippen molar-refractivity contribution >= 4 is 5.78 Å². The molecule has 3 rings (SSSR count). The lowest BCUT2D eigenvalue weighted by atomic mass is 9.76. The Labute approximate surface area is 77.4 Å². The van der Waals surface area contributed by atoms with E-state index in [2.05, 4.69) is 6.92 Å². The number of epoxide rings is 2. The van der Waals surface area contributed by atoms with E-state index in [1.807, 2.05) is 6.92 Å². The predicted molar refractivity (Wildman–Crippen MR) is 45.4 cm³/mol. The van der Waals surface area contributed by atoms with E-state index < -0.39 is 5.60 Å². The lowest BCUT2D eigenvalue weighted by molar-refractivity contribution is -0.125. The van der Waals surface area contributed by atoms with E-state index in [0.29, 0.717) is 12.3 Å². The third-order valence-corrected chi connectivity index (χ3v) is 3.89. The Morgan fingerprint density at radius 2 is 2.15 bits per heavy atom. The zero-order valence-corrected chi connectivity index (χ0v) is 8.00. The van der Waals surface area contributed by atoms with Crippen molar-refractivity contribution < 1.29 is 14.3 Å². The summed E-state index contributed by atoms with van der Waals surface area (Å²) >= 11 is 0. The van der Waals surface area contributed by atoms with Gasteiger partial charge in [-0.15, -0.1) is 0 Å². The van der Waals surface area contributed by atoms with Crippen LogP contribution in [0.15, 0.2) is 0 Å². The van der Waals surface area contributed by atoms with Crippen LogP contribution in [0.2, 0.25) is 0 Å². The summed E-state index contributed by atoms with van der Waals surface area (Å²) in [4.78, 5) is 11.7. The molecule has 4 atom stereocenters. The highest BCUT2D eigenvalue weighted by atomic mass is 16.6. The van der Waals surface area contributed by atoms with Gasteiger partial charge in [0.25, 0.3) is 0 Å². The van der Waals surface area contributed by atoms with Crippen molar-refractivity contribution in [3.8, 4) is 0 Å². The van der Waals surface area contributed by atoms with Crippen molar-refractivity contribution in [2.45, 2.75) is 44.0 Å². The molecule has 2 heterocycles. The normalized spacial score (nSPS) is 58.8. The van der Waals surface area contributed by atoms with E-state index in [9.17, 15) is 4.79 Å². The van der Waals surface area contributed by atoms with Crippen LogP contribution in [-0.2, 0) is 14.3 Å². The van der Waals surface area contributed by atoms with Crippen LogP contribution in [0.4, 0.5) is 0 Å². The van der Waals surface area contributed by atoms with Gasteiger partial charge in [0.2, 0.25) is 0 Å². The smallest absolute Gasteiger partial charge is 0.167 e. The maximum atomic E-state index is 11.7. The molecule has 0 aromatic heterocycles. The van der Waals surface area contributed by atoms with E-state index in [1.54, 1.807) is 0 Å². The summed E-state index contributed by atoms with van der Waals surface area (Å²) in [6, 6.07) is 0. The minimum Gasteiger partial charge on any atom is -0.370 e. The van der Waals surface area contributed by atoms with Gasteiger partial charge in [-0.1, -0.05) is 0 Å². The van der Waals surface area contributed by atoms with Crippen LogP contribution in [0.3, 0.4) is 0 Å². The topological polar surface area (TPSA) is 42.1 Å². The molecule has 3 fully saturated rings. The Morgan fingerprint density at radius 1 is 1.46 bits per heavy atom. The van der Waals surface area contributed by atoms with Crippen LogP contribution in [0.5, 0.6) is 0 Å². The molecule has 0 aromatic rings. The standard InChI is InChI=1S/C10H14O3/c1-9(5-12-9)6-3-7(11)10(2)8(4-6)13-10/h6,8H,3-5H2,1-2H3/t6-,8-,9-,10-/m1/s1. The van der Waals surface area contributed by atoms with Crippen molar-refractivity contribution in [3.63, 3.8) is 0 Å². The quantitative estimate of drug-likeness (QED) is 0.566. The molecule has 0 aromatic carbocycles. The first kappa shape index (κ1) is 7.94. The second-order valence-electron chi connectivity index (χ2n) is 4.87. The van der Waals surface area contributed by atoms with Crippen molar-refractivity contribution in [3.05, 3.63) is 0 Å². The van der Waals surface area contributed by atoms with Gasteiger partial charge >= 0.3 is 0 Å². The maximum Gasteiger partial charge on any atom is 0.167 e. The Bertz CT molecular complexity index is 282. The van der Waals surface area contributed by atoms with Crippen LogP contribution >= 0.6 is 0 Å². The molecule has 0 N–H and O–H groups in total. The Balaban J connectivity index is 1.79. The molecule has 0 bridgehead atoms. The van der Waals surface area contributed by atoms with E-state index in [-0.39, 0.29) is 17.5 Å². The van der Waals surface area contributed by atoms with Crippen molar-refractivity contribution in [1.82, 2.24) is 0 Å². The summed E-state index contributed by atoms with van der Waals surface area (Å²) < 4.78 is 10.8. The average molecular weight is 182 g/mol. The van der Waals surface area contributed by atoms with Gasteiger partial charge in [0.15, 0.2) is 5.78 Å². The number of carbonyl (C=O) groups excluding carboxylic acids is 1. The monoisotopic (exact) mass is 182 g/mol. The molecule has 3 aliphatic rings. The zero-order chi connectivity index (χ0) is 9.27. The third-order valence-electron chi connectivity index (χ3n) is 3.89. The van der Waals surface area contributed by atoms with Gasteiger partial charge in [-0.25, -0.2) is 0 Å². The van der Waals surface area contributed by atoms with Crippen LogP contribution in [0, 0.1) is 5.92 Å². The van der Waals surface area contributed by atoms with Crippen molar-refractivity contribution in [1.29, 1.82) is 0 Å². The molecule has 1 saturated carbocycles. The first-order chi connectivity index (χ1) is 6.05. The molecule has 72 valence electrons. The number of carbonyl (C=O) groups is 1. The number of Topliss-reactive ketones (excluding diaryl/α,β-unsaturated/α-hetero) is 1. The van der Waals surface area contributed by atoms with E-state index in [1.165, 1.54) is 0 Å². The minimum atomic E-state index is -0.415. The third kappa shape index (κ3) is 0.945. The van der Waals surface area contributed by atoms with Crippen LogP contribution in [0.25, 0.3) is 0 Å². The molecule has 2 aliphatic heterocycles. The number of hydrogen-bond acceptors (Lipinski definition) is 3. The summed E-state index contributed by atoms with van der Waals surface area (Å²) in [5.41, 5.74) is -0.426. The fourth-order valence-corrected chi connectivity index (χ4v) is 2.36. The van der Waals surface area contributed by atoms with E-state index >= 15 is 0 Å². The van der Waals surface area contributed by atoms with Crippen LogP contribution in [0.1, 0.15) is 26.7 Å². The molecule has 0 spiro atoms. The van der Waals surface area contributed by atoms with Gasteiger partial charge in [-0.3, -0.25) is 4.79 Å². The Kier molecular flexibility index (Phi) is 1.21. The molecule has 2 saturated heterocycles. The van der Waals surface area contributed by atoms with Gasteiger partial charge in [0, 0.05) is 6.42 Å². The van der Waals surface area contributed by atoms with E-state index in [4.69, 9.17) is 9.47 Å². The van der Waals surface area contributed by atoms with Crippen LogP contribution < -0.4 is 0 Å². The summed E-state index contributed by atoms with van der Waals surface area (Å²) in [6.45, 7) is 4.82.